The van der Waals surface area contributed by atoms with Crippen LogP contribution in [-0.2, 0) is 6.54 Å². The number of benzene rings is 2. The minimum atomic E-state index is -0.388. The molecule has 0 atom stereocenters. The predicted molar refractivity (Wildman–Crippen MR) is 104 cm³/mol. The van der Waals surface area contributed by atoms with Gasteiger partial charge in [0.1, 0.15) is 0 Å². The largest absolute Gasteiger partial charge is 0.380 e. The third-order valence-electron chi connectivity index (χ3n) is 3.76. The van der Waals surface area contributed by atoms with E-state index in [9.17, 15) is 4.79 Å². The van der Waals surface area contributed by atoms with Crippen molar-refractivity contribution in [1.82, 2.24) is 9.82 Å². The molecular weight excluding hydrogens is 381 g/mol. The van der Waals surface area contributed by atoms with E-state index in [0.717, 1.165) is 22.3 Å². The van der Waals surface area contributed by atoms with Gasteiger partial charge in [0.05, 0.1) is 21.1 Å². The summed E-state index contributed by atoms with van der Waals surface area (Å²) in [7, 11) is 0. The lowest BCUT2D eigenvalue weighted by Gasteiger charge is -2.13. The third-order valence-corrected chi connectivity index (χ3v) is 4.68. The fourth-order valence-electron chi connectivity index (χ4n) is 2.60. The maximum atomic E-state index is 12.0. The number of nitrogens with one attached hydrogen (secondary N) is 2. The van der Waals surface area contributed by atoms with Gasteiger partial charge in [-0.2, -0.15) is 0 Å². The lowest BCUT2D eigenvalue weighted by atomic mass is 10.1. The number of nitrogens with zero attached hydrogens (tertiary/aromatic N) is 1. The van der Waals surface area contributed by atoms with E-state index in [2.05, 4.69) is 15.1 Å². The van der Waals surface area contributed by atoms with Gasteiger partial charge in [0.15, 0.2) is 0 Å². The molecule has 25 heavy (non-hydrogen) atoms. The zero-order chi connectivity index (χ0) is 18.0. The zero-order valence-corrected chi connectivity index (χ0v) is 15.5. The molecule has 0 aliphatic carbocycles. The molecule has 0 bridgehead atoms. The van der Waals surface area contributed by atoms with Crippen LogP contribution in [0.1, 0.15) is 21.6 Å². The second-order valence-corrected chi connectivity index (χ2v) is 6.54. The van der Waals surface area contributed by atoms with E-state index >= 15 is 0 Å². The first-order chi connectivity index (χ1) is 12.0. The Labute approximate surface area is 160 Å². The first-order valence-corrected chi connectivity index (χ1v) is 8.62. The molecule has 4 nitrogen and oxygen atoms in total. The topological polar surface area (TPSA) is 54.0 Å². The van der Waals surface area contributed by atoms with Gasteiger partial charge in [-0.05, 0) is 36.8 Å². The first kappa shape index (κ1) is 17.8. The number of pyridine rings is 1. The van der Waals surface area contributed by atoms with Crippen LogP contribution in [0.4, 0.5) is 5.69 Å². The molecule has 0 aliphatic heterocycles. The van der Waals surface area contributed by atoms with Crippen LogP contribution in [0.5, 0.6) is 0 Å². The van der Waals surface area contributed by atoms with Gasteiger partial charge in [0.2, 0.25) is 0 Å². The van der Waals surface area contributed by atoms with Gasteiger partial charge in [-0.15, -0.1) is 0 Å². The summed E-state index contributed by atoms with van der Waals surface area (Å²) in [6, 6.07) is 12.8. The van der Waals surface area contributed by atoms with Crippen LogP contribution < -0.4 is 10.2 Å². The normalized spacial score (nSPS) is 10.7. The SMILES string of the molecule is Cc1cc(NCc2ccc(Cl)c(Cl)c2)c2cccc(C(=O)NCl)c2n1. The van der Waals surface area contributed by atoms with Crippen LogP contribution in [0.2, 0.25) is 10.0 Å². The number of para-hydroxylation sites is 1. The Morgan fingerprint density at radius 1 is 1.12 bits per heavy atom. The average molecular weight is 395 g/mol. The number of aryl methyl sites for hydroxylation is 1. The van der Waals surface area contributed by atoms with E-state index in [1.165, 1.54) is 0 Å². The van der Waals surface area contributed by atoms with Gasteiger partial charge in [0.25, 0.3) is 5.91 Å². The molecule has 1 heterocycles. The van der Waals surface area contributed by atoms with Crippen LogP contribution in [0, 0.1) is 6.92 Å². The highest BCUT2D eigenvalue weighted by atomic mass is 35.5. The van der Waals surface area contributed by atoms with Gasteiger partial charge in [-0.3, -0.25) is 14.6 Å². The molecule has 0 saturated carbocycles. The van der Waals surface area contributed by atoms with Crippen LogP contribution in [0.25, 0.3) is 10.9 Å². The lowest BCUT2D eigenvalue weighted by molar-refractivity contribution is 0.0983. The minimum Gasteiger partial charge on any atom is -0.380 e. The van der Waals surface area contributed by atoms with Crippen molar-refractivity contribution in [2.24, 2.45) is 0 Å². The Hall–Kier alpha value is -2.01. The lowest BCUT2D eigenvalue weighted by Crippen LogP contribution is -2.13. The van der Waals surface area contributed by atoms with Gasteiger partial charge >= 0.3 is 0 Å². The molecule has 3 rings (SSSR count). The summed E-state index contributed by atoms with van der Waals surface area (Å²) in [6.45, 7) is 2.43. The third kappa shape index (κ3) is 3.82. The molecule has 0 unspecified atom stereocenters. The maximum Gasteiger partial charge on any atom is 0.267 e. The van der Waals surface area contributed by atoms with E-state index < -0.39 is 0 Å². The van der Waals surface area contributed by atoms with Crippen LogP contribution in [-0.4, -0.2) is 10.9 Å². The summed E-state index contributed by atoms with van der Waals surface area (Å²) in [5.74, 6) is -0.388. The Morgan fingerprint density at radius 3 is 2.64 bits per heavy atom. The molecule has 1 aromatic heterocycles. The summed E-state index contributed by atoms with van der Waals surface area (Å²) in [5.41, 5.74) is 3.68. The smallest absolute Gasteiger partial charge is 0.267 e. The molecule has 0 radical (unpaired) electrons. The number of halogens is 3. The first-order valence-electron chi connectivity index (χ1n) is 7.48. The van der Waals surface area contributed by atoms with Crippen LogP contribution in [0.3, 0.4) is 0 Å². The number of rotatable bonds is 4. The molecular formula is C18H14Cl3N3O. The molecule has 3 aromatic rings. The number of hydrogen-bond acceptors (Lipinski definition) is 3. The van der Waals surface area contributed by atoms with Crippen molar-refractivity contribution < 1.29 is 4.79 Å². The predicted octanol–water partition coefficient (Wildman–Crippen LogP) is 5.35. The second-order valence-electron chi connectivity index (χ2n) is 5.54. The molecule has 7 heteroatoms. The Kier molecular flexibility index (Phi) is 5.33. The molecule has 0 saturated heterocycles. The number of carbonyl (C=O) groups excluding carboxylic acids is 1. The minimum absolute atomic E-state index is 0.388. The number of aromatic nitrogens is 1. The van der Waals surface area contributed by atoms with Crippen molar-refractivity contribution in [2.75, 3.05) is 5.32 Å². The highest BCUT2D eigenvalue weighted by molar-refractivity contribution is 6.42. The molecule has 0 aliphatic rings. The molecule has 128 valence electrons. The highest BCUT2D eigenvalue weighted by Gasteiger charge is 2.13. The summed E-state index contributed by atoms with van der Waals surface area (Å²) < 4.78 is 0. The zero-order valence-electron chi connectivity index (χ0n) is 13.2. The standard InChI is InChI=1S/C18H14Cl3N3O/c1-10-7-16(22-9-11-5-6-14(19)15(20)8-11)12-3-2-4-13(17(12)23-10)18(25)24-21/h2-8H,9H2,1H3,(H,22,23)(H,24,25). The Morgan fingerprint density at radius 2 is 1.92 bits per heavy atom. The van der Waals surface area contributed by atoms with E-state index in [1.54, 1.807) is 18.2 Å². The second kappa shape index (κ2) is 7.48. The van der Waals surface area contributed by atoms with Gasteiger partial charge in [-0.1, -0.05) is 41.4 Å². The fourth-order valence-corrected chi connectivity index (χ4v) is 3.03. The number of amides is 1. The van der Waals surface area contributed by atoms with Gasteiger partial charge in [-0.25, -0.2) is 0 Å². The van der Waals surface area contributed by atoms with Crippen LogP contribution in [0.15, 0.2) is 42.5 Å². The molecule has 1 amide bonds. The monoisotopic (exact) mass is 393 g/mol. The summed E-state index contributed by atoms with van der Waals surface area (Å²) in [4.78, 5) is 18.6. The van der Waals surface area contributed by atoms with Crippen LogP contribution >= 0.6 is 35.0 Å². The number of carbonyl (C=O) groups is 1. The molecule has 2 N–H and O–H groups in total. The summed E-state index contributed by atoms with van der Waals surface area (Å²) in [5, 5.41) is 5.24. The van der Waals surface area contributed by atoms with Crippen molar-refractivity contribution in [3.05, 3.63) is 69.3 Å². The van der Waals surface area contributed by atoms with Gasteiger partial charge < -0.3 is 5.32 Å². The maximum absolute atomic E-state index is 12.0. The Balaban J connectivity index is 1.98. The van der Waals surface area contributed by atoms with Crippen molar-refractivity contribution in [1.29, 1.82) is 0 Å². The number of hydrogen-bond donors (Lipinski definition) is 2. The van der Waals surface area contributed by atoms with E-state index in [1.807, 2.05) is 31.2 Å². The number of fused-ring (bicyclic) bond motifs is 1. The quantitative estimate of drug-likeness (QED) is 0.587. The molecule has 0 fully saturated rings. The van der Waals surface area contributed by atoms with Crippen molar-refractivity contribution in [3.63, 3.8) is 0 Å². The van der Waals surface area contributed by atoms with E-state index in [0.29, 0.717) is 27.7 Å². The average Bonchev–Trinajstić information content (AvgIpc) is 2.61. The molecule has 2 aromatic carbocycles. The Bertz CT molecular complexity index is 960. The van der Waals surface area contributed by atoms with E-state index in [4.69, 9.17) is 35.0 Å². The molecule has 0 spiro atoms. The van der Waals surface area contributed by atoms with Crippen molar-refractivity contribution >= 4 is 57.5 Å². The number of anilines is 1. The summed E-state index contributed by atoms with van der Waals surface area (Å²) >= 11 is 17.5. The van der Waals surface area contributed by atoms with Gasteiger partial charge in [0, 0.05) is 35.1 Å². The highest BCUT2D eigenvalue weighted by Crippen LogP contribution is 2.27. The fraction of sp³-hybridized carbons (Fsp3) is 0.111. The van der Waals surface area contributed by atoms with Crippen molar-refractivity contribution in [2.45, 2.75) is 13.5 Å². The van der Waals surface area contributed by atoms with Crippen molar-refractivity contribution in [3.8, 4) is 0 Å². The van der Waals surface area contributed by atoms with E-state index in [-0.39, 0.29) is 5.91 Å². The summed E-state index contributed by atoms with van der Waals surface area (Å²) in [6.07, 6.45) is 0.